The van der Waals surface area contributed by atoms with E-state index in [1.807, 2.05) is 0 Å². The number of likely N-dealkylation sites (N-methyl/N-ethyl adjacent to an activating group) is 1. The molecule has 1 aliphatic rings. The summed E-state index contributed by atoms with van der Waals surface area (Å²) in [5, 5.41) is 3.79. The van der Waals surface area contributed by atoms with Gasteiger partial charge in [-0.25, -0.2) is 0 Å². The second kappa shape index (κ2) is 7.67. The molecule has 0 aliphatic heterocycles. The molecule has 0 unspecified atom stereocenters. The van der Waals surface area contributed by atoms with Crippen molar-refractivity contribution in [3.05, 3.63) is 33.8 Å². The van der Waals surface area contributed by atoms with Crippen LogP contribution in [0.25, 0.3) is 0 Å². The SMILES string of the molecule is CN(C)C1(CNC(=O)c2cccc(Cl)c2Cl)CCCCCC1. The van der Waals surface area contributed by atoms with Crippen LogP contribution in [0, 0.1) is 0 Å². The maximum absolute atomic E-state index is 12.4. The number of carbonyl (C=O) groups excluding carboxylic acids is 1. The summed E-state index contributed by atoms with van der Waals surface area (Å²) in [5.74, 6) is -0.155. The van der Waals surface area contributed by atoms with Gasteiger partial charge in [0.15, 0.2) is 0 Å². The third-order valence-electron chi connectivity index (χ3n) is 4.76. The highest BCUT2D eigenvalue weighted by Crippen LogP contribution is 2.31. The van der Waals surface area contributed by atoms with Crippen molar-refractivity contribution < 1.29 is 4.79 Å². The van der Waals surface area contributed by atoms with Crippen LogP contribution in [0.3, 0.4) is 0 Å². The van der Waals surface area contributed by atoms with Crippen molar-refractivity contribution in [2.24, 2.45) is 0 Å². The lowest BCUT2D eigenvalue weighted by atomic mass is 9.88. The number of carbonyl (C=O) groups is 1. The molecular formula is C17H24Cl2N2O. The van der Waals surface area contributed by atoms with Crippen molar-refractivity contribution in [1.29, 1.82) is 0 Å². The van der Waals surface area contributed by atoms with E-state index in [2.05, 4.69) is 24.3 Å². The predicted octanol–water partition coefficient (Wildman–Crippen LogP) is 4.38. The zero-order chi connectivity index (χ0) is 16.2. The molecule has 1 N–H and O–H groups in total. The number of rotatable bonds is 4. The van der Waals surface area contributed by atoms with E-state index in [-0.39, 0.29) is 11.4 Å². The molecule has 122 valence electrons. The van der Waals surface area contributed by atoms with E-state index in [9.17, 15) is 4.79 Å². The molecule has 0 bridgehead atoms. The quantitative estimate of drug-likeness (QED) is 0.823. The van der Waals surface area contributed by atoms with E-state index in [4.69, 9.17) is 23.2 Å². The predicted molar refractivity (Wildman–Crippen MR) is 92.9 cm³/mol. The Labute approximate surface area is 143 Å². The van der Waals surface area contributed by atoms with Gasteiger partial charge in [-0.3, -0.25) is 4.79 Å². The lowest BCUT2D eigenvalue weighted by molar-refractivity contribution is 0.0869. The summed E-state index contributed by atoms with van der Waals surface area (Å²) in [5.41, 5.74) is 0.480. The first-order valence-electron chi connectivity index (χ1n) is 7.86. The Bertz CT molecular complexity index is 523. The van der Waals surface area contributed by atoms with Crippen LogP contribution >= 0.6 is 23.2 Å². The molecule has 22 heavy (non-hydrogen) atoms. The van der Waals surface area contributed by atoms with E-state index in [1.165, 1.54) is 25.7 Å². The second-order valence-corrected chi connectivity index (χ2v) is 7.10. The smallest absolute Gasteiger partial charge is 0.252 e. The Hall–Kier alpha value is -0.770. The molecular weight excluding hydrogens is 319 g/mol. The zero-order valence-corrected chi connectivity index (χ0v) is 14.8. The molecule has 2 rings (SSSR count). The molecule has 1 fully saturated rings. The minimum atomic E-state index is -0.155. The average molecular weight is 343 g/mol. The van der Waals surface area contributed by atoms with E-state index in [1.54, 1.807) is 18.2 Å². The van der Waals surface area contributed by atoms with Crippen molar-refractivity contribution >= 4 is 29.1 Å². The minimum Gasteiger partial charge on any atom is -0.350 e. The van der Waals surface area contributed by atoms with Crippen LogP contribution in [0.15, 0.2) is 18.2 Å². The van der Waals surface area contributed by atoms with Gasteiger partial charge >= 0.3 is 0 Å². The van der Waals surface area contributed by atoms with Crippen LogP contribution in [0.2, 0.25) is 10.0 Å². The summed E-state index contributed by atoms with van der Waals surface area (Å²) in [4.78, 5) is 14.7. The Morgan fingerprint density at radius 2 is 1.82 bits per heavy atom. The Balaban J connectivity index is 2.09. The molecule has 1 aromatic carbocycles. The summed E-state index contributed by atoms with van der Waals surface area (Å²) in [6.07, 6.45) is 7.22. The number of amides is 1. The van der Waals surface area contributed by atoms with Gasteiger partial charge in [0, 0.05) is 12.1 Å². The maximum atomic E-state index is 12.4. The number of benzene rings is 1. The molecule has 0 spiro atoms. The Morgan fingerprint density at radius 1 is 1.18 bits per heavy atom. The van der Waals surface area contributed by atoms with Gasteiger partial charge in [0.05, 0.1) is 15.6 Å². The monoisotopic (exact) mass is 342 g/mol. The van der Waals surface area contributed by atoms with Gasteiger partial charge in [-0.1, -0.05) is 55.0 Å². The molecule has 1 saturated carbocycles. The van der Waals surface area contributed by atoms with Crippen LogP contribution in [-0.4, -0.2) is 37.0 Å². The largest absolute Gasteiger partial charge is 0.350 e. The van der Waals surface area contributed by atoms with Crippen molar-refractivity contribution in [3.63, 3.8) is 0 Å². The van der Waals surface area contributed by atoms with Crippen LogP contribution < -0.4 is 5.32 Å². The molecule has 1 aromatic rings. The summed E-state index contributed by atoms with van der Waals surface area (Å²) in [6.45, 7) is 0.641. The maximum Gasteiger partial charge on any atom is 0.252 e. The minimum absolute atomic E-state index is 0.0389. The summed E-state index contributed by atoms with van der Waals surface area (Å²) < 4.78 is 0. The molecule has 5 heteroatoms. The van der Waals surface area contributed by atoms with Gasteiger partial charge in [-0.05, 0) is 39.1 Å². The number of hydrogen-bond acceptors (Lipinski definition) is 2. The number of nitrogens with zero attached hydrogens (tertiary/aromatic N) is 1. The number of nitrogens with one attached hydrogen (secondary N) is 1. The molecule has 0 aromatic heterocycles. The van der Waals surface area contributed by atoms with Crippen molar-refractivity contribution in [3.8, 4) is 0 Å². The van der Waals surface area contributed by atoms with E-state index in [0.717, 1.165) is 12.8 Å². The van der Waals surface area contributed by atoms with E-state index in [0.29, 0.717) is 22.2 Å². The highest BCUT2D eigenvalue weighted by Gasteiger charge is 2.33. The first kappa shape index (κ1) is 17.6. The third kappa shape index (κ3) is 3.95. The molecule has 0 radical (unpaired) electrons. The number of hydrogen-bond donors (Lipinski definition) is 1. The van der Waals surface area contributed by atoms with Crippen LogP contribution in [0.4, 0.5) is 0 Å². The Kier molecular flexibility index (Phi) is 6.13. The van der Waals surface area contributed by atoms with Gasteiger partial charge in [0.2, 0.25) is 0 Å². The van der Waals surface area contributed by atoms with Gasteiger partial charge in [0.1, 0.15) is 0 Å². The van der Waals surface area contributed by atoms with Gasteiger partial charge in [-0.15, -0.1) is 0 Å². The van der Waals surface area contributed by atoms with Crippen LogP contribution in [0.5, 0.6) is 0 Å². The Morgan fingerprint density at radius 3 is 2.41 bits per heavy atom. The van der Waals surface area contributed by atoms with Crippen molar-refractivity contribution in [1.82, 2.24) is 10.2 Å². The highest BCUT2D eigenvalue weighted by atomic mass is 35.5. The lowest BCUT2D eigenvalue weighted by Crippen LogP contribution is -2.52. The highest BCUT2D eigenvalue weighted by molar-refractivity contribution is 6.43. The zero-order valence-electron chi connectivity index (χ0n) is 13.3. The summed E-state index contributed by atoms with van der Waals surface area (Å²) in [7, 11) is 4.20. The second-order valence-electron chi connectivity index (χ2n) is 6.32. The molecule has 3 nitrogen and oxygen atoms in total. The molecule has 0 heterocycles. The number of halogens is 2. The fourth-order valence-electron chi connectivity index (χ4n) is 3.19. The standard InChI is InChI=1S/C17H24Cl2N2O/c1-21(2)17(10-5-3-4-6-11-17)12-20-16(22)13-8-7-9-14(18)15(13)19/h7-9H,3-6,10-12H2,1-2H3,(H,20,22). The summed E-state index contributed by atoms with van der Waals surface area (Å²) in [6, 6.07) is 5.14. The van der Waals surface area contributed by atoms with Crippen LogP contribution in [-0.2, 0) is 0 Å². The lowest BCUT2D eigenvalue weighted by Gasteiger charge is -2.39. The van der Waals surface area contributed by atoms with Crippen LogP contribution in [0.1, 0.15) is 48.9 Å². The first-order chi connectivity index (χ1) is 10.5. The van der Waals surface area contributed by atoms with Crippen molar-refractivity contribution in [2.45, 2.75) is 44.1 Å². The fourth-order valence-corrected chi connectivity index (χ4v) is 3.57. The topological polar surface area (TPSA) is 32.3 Å². The molecule has 0 saturated heterocycles. The van der Waals surface area contributed by atoms with Crippen molar-refractivity contribution in [2.75, 3.05) is 20.6 Å². The molecule has 1 aliphatic carbocycles. The molecule has 0 atom stereocenters. The first-order valence-corrected chi connectivity index (χ1v) is 8.61. The third-order valence-corrected chi connectivity index (χ3v) is 5.58. The van der Waals surface area contributed by atoms with E-state index < -0.39 is 0 Å². The van der Waals surface area contributed by atoms with Gasteiger partial charge in [-0.2, -0.15) is 0 Å². The fraction of sp³-hybridized carbons (Fsp3) is 0.588. The van der Waals surface area contributed by atoms with Gasteiger partial charge in [0.25, 0.3) is 5.91 Å². The summed E-state index contributed by atoms with van der Waals surface area (Å²) >= 11 is 12.1. The average Bonchev–Trinajstić information content (AvgIpc) is 2.74. The van der Waals surface area contributed by atoms with E-state index >= 15 is 0 Å². The molecule has 1 amide bonds. The van der Waals surface area contributed by atoms with Gasteiger partial charge < -0.3 is 10.2 Å². The normalized spacial score (nSPS) is 18.0.